The zero-order chi connectivity index (χ0) is 14.5. The number of aliphatic carboxylic acids is 1. The van der Waals surface area contributed by atoms with Crippen molar-refractivity contribution in [1.82, 2.24) is 10.2 Å². The van der Waals surface area contributed by atoms with E-state index in [1.165, 1.54) is 0 Å². The largest absolute Gasteiger partial charge is 0.481 e. The number of rotatable bonds is 4. The Hall–Kier alpha value is -2.04. The first kappa shape index (κ1) is 14.4. The van der Waals surface area contributed by atoms with Crippen LogP contribution in [0.1, 0.15) is 31.2 Å². The highest BCUT2D eigenvalue weighted by Crippen LogP contribution is 2.18. The van der Waals surface area contributed by atoms with Gasteiger partial charge >= 0.3 is 12.0 Å². The highest BCUT2D eigenvalue weighted by molar-refractivity contribution is 5.79. The molecule has 1 aliphatic rings. The maximum Gasteiger partial charge on any atom is 0.317 e. The van der Waals surface area contributed by atoms with Gasteiger partial charge in [0.1, 0.15) is 0 Å². The minimum Gasteiger partial charge on any atom is -0.481 e. The molecule has 2 atom stereocenters. The van der Waals surface area contributed by atoms with Crippen LogP contribution < -0.4 is 5.32 Å². The molecule has 0 radical (unpaired) electrons. The quantitative estimate of drug-likeness (QED) is 0.884. The summed E-state index contributed by atoms with van der Waals surface area (Å²) in [6.07, 6.45) is 2.02. The number of carboxylic acid groups (broad SMARTS) is 1. The van der Waals surface area contributed by atoms with Gasteiger partial charge in [-0.2, -0.15) is 0 Å². The number of carbonyl (C=O) groups excluding carboxylic acids is 1. The molecule has 2 N–H and O–H groups in total. The Morgan fingerprint density at radius 1 is 1.40 bits per heavy atom. The van der Waals surface area contributed by atoms with Crippen molar-refractivity contribution in [3.63, 3.8) is 0 Å². The van der Waals surface area contributed by atoms with Crippen molar-refractivity contribution in [3.05, 3.63) is 35.9 Å². The van der Waals surface area contributed by atoms with Gasteiger partial charge in [-0.25, -0.2) is 4.79 Å². The molecule has 5 heteroatoms. The van der Waals surface area contributed by atoms with Crippen LogP contribution in [0, 0.1) is 0 Å². The van der Waals surface area contributed by atoms with Crippen LogP contribution in [-0.4, -0.2) is 41.1 Å². The highest BCUT2D eigenvalue weighted by Gasteiger charge is 2.26. The fourth-order valence-corrected chi connectivity index (χ4v) is 2.56. The summed E-state index contributed by atoms with van der Waals surface area (Å²) in [5.74, 6) is -1.64. The molecule has 2 rings (SSSR count). The van der Waals surface area contributed by atoms with Crippen molar-refractivity contribution in [2.75, 3.05) is 13.1 Å². The smallest absolute Gasteiger partial charge is 0.317 e. The summed E-state index contributed by atoms with van der Waals surface area (Å²) in [7, 11) is 0. The predicted octanol–water partition coefficient (Wildman–Crippen LogP) is 2.05. The maximum atomic E-state index is 12.0. The predicted molar refractivity (Wildman–Crippen MR) is 75.6 cm³/mol. The third-order valence-corrected chi connectivity index (χ3v) is 3.77. The van der Waals surface area contributed by atoms with E-state index in [2.05, 4.69) is 5.32 Å². The van der Waals surface area contributed by atoms with Crippen LogP contribution in [0.2, 0.25) is 0 Å². The fourth-order valence-electron chi connectivity index (χ4n) is 2.56. The van der Waals surface area contributed by atoms with Crippen molar-refractivity contribution >= 4 is 12.0 Å². The molecule has 0 aliphatic carbocycles. The van der Waals surface area contributed by atoms with E-state index in [1.54, 1.807) is 29.2 Å². The minimum atomic E-state index is -0.925. The lowest BCUT2D eigenvalue weighted by Crippen LogP contribution is -2.43. The molecule has 0 bridgehead atoms. The number of hydrogen-bond acceptors (Lipinski definition) is 2. The zero-order valence-electron chi connectivity index (χ0n) is 11.6. The van der Waals surface area contributed by atoms with E-state index in [0.29, 0.717) is 5.56 Å². The van der Waals surface area contributed by atoms with Crippen LogP contribution in [0.3, 0.4) is 0 Å². The van der Waals surface area contributed by atoms with Gasteiger partial charge in [0.25, 0.3) is 0 Å². The molecule has 0 saturated carbocycles. The number of likely N-dealkylation sites (tertiary alicyclic amines) is 1. The molecule has 5 nitrogen and oxygen atoms in total. The molecule has 0 aromatic heterocycles. The Morgan fingerprint density at radius 2 is 2.10 bits per heavy atom. The Kier molecular flexibility index (Phi) is 4.61. The van der Waals surface area contributed by atoms with E-state index in [1.807, 2.05) is 13.0 Å². The number of hydrogen-bond donors (Lipinski definition) is 2. The van der Waals surface area contributed by atoms with Gasteiger partial charge in [-0.05, 0) is 25.3 Å². The van der Waals surface area contributed by atoms with Gasteiger partial charge in [-0.3, -0.25) is 4.79 Å². The average Bonchev–Trinajstić information content (AvgIpc) is 2.86. The third kappa shape index (κ3) is 3.29. The molecule has 108 valence electrons. The van der Waals surface area contributed by atoms with Crippen molar-refractivity contribution in [2.24, 2.45) is 0 Å². The van der Waals surface area contributed by atoms with Crippen molar-refractivity contribution in [3.8, 4) is 0 Å². The molecule has 1 heterocycles. The highest BCUT2D eigenvalue weighted by atomic mass is 16.4. The van der Waals surface area contributed by atoms with Crippen LogP contribution >= 0.6 is 0 Å². The lowest BCUT2D eigenvalue weighted by Gasteiger charge is -2.23. The first-order valence-electron chi connectivity index (χ1n) is 6.92. The fraction of sp³-hybridized carbons (Fsp3) is 0.467. The number of benzene rings is 1. The molecular formula is C15H20N2O3. The molecule has 1 aromatic carbocycles. The summed E-state index contributed by atoms with van der Waals surface area (Å²) < 4.78 is 0. The van der Waals surface area contributed by atoms with Crippen LogP contribution in [0.5, 0.6) is 0 Å². The summed E-state index contributed by atoms with van der Waals surface area (Å²) in [5.41, 5.74) is 0.703. The third-order valence-electron chi connectivity index (χ3n) is 3.77. The van der Waals surface area contributed by atoms with E-state index < -0.39 is 11.9 Å². The second kappa shape index (κ2) is 6.41. The Bertz CT molecular complexity index is 475. The number of carbonyl (C=O) groups is 2. The van der Waals surface area contributed by atoms with E-state index in [0.717, 1.165) is 19.4 Å². The normalized spacial score (nSPS) is 19.6. The topological polar surface area (TPSA) is 69.6 Å². The van der Waals surface area contributed by atoms with Gasteiger partial charge in [0.2, 0.25) is 0 Å². The van der Waals surface area contributed by atoms with Gasteiger partial charge in [0.15, 0.2) is 0 Å². The van der Waals surface area contributed by atoms with E-state index in [9.17, 15) is 14.7 Å². The monoisotopic (exact) mass is 276 g/mol. The van der Waals surface area contributed by atoms with Gasteiger partial charge in [0, 0.05) is 19.1 Å². The molecule has 1 aromatic rings. The van der Waals surface area contributed by atoms with Gasteiger partial charge < -0.3 is 15.3 Å². The molecule has 1 saturated heterocycles. The summed E-state index contributed by atoms with van der Waals surface area (Å²) in [5, 5.41) is 12.0. The molecule has 1 aliphatic heterocycles. The summed E-state index contributed by atoms with van der Waals surface area (Å²) >= 11 is 0. The van der Waals surface area contributed by atoms with Crippen LogP contribution in [0.4, 0.5) is 4.79 Å². The molecule has 1 fully saturated rings. The second-order valence-electron chi connectivity index (χ2n) is 5.17. The number of carboxylic acids is 1. The number of nitrogens with one attached hydrogen (secondary N) is 1. The molecule has 0 spiro atoms. The lowest BCUT2D eigenvalue weighted by atomic mass is 9.99. The summed E-state index contributed by atoms with van der Waals surface area (Å²) in [6, 6.07) is 9.04. The Labute approximate surface area is 118 Å². The van der Waals surface area contributed by atoms with E-state index in [4.69, 9.17) is 0 Å². The van der Waals surface area contributed by atoms with Crippen molar-refractivity contribution < 1.29 is 14.7 Å². The summed E-state index contributed by atoms with van der Waals surface area (Å²) in [6.45, 7) is 2.87. The van der Waals surface area contributed by atoms with Crippen LogP contribution in [0.25, 0.3) is 0 Å². The van der Waals surface area contributed by atoms with Crippen molar-refractivity contribution in [2.45, 2.75) is 31.7 Å². The van der Waals surface area contributed by atoms with Gasteiger partial charge in [-0.15, -0.1) is 0 Å². The van der Waals surface area contributed by atoms with Crippen LogP contribution in [-0.2, 0) is 4.79 Å². The van der Waals surface area contributed by atoms with E-state index in [-0.39, 0.29) is 18.6 Å². The Balaban J connectivity index is 1.96. The van der Waals surface area contributed by atoms with Gasteiger partial charge in [0.05, 0.1) is 5.92 Å². The molecule has 2 unspecified atom stereocenters. The zero-order valence-corrected chi connectivity index (χ0v) is 11.6. The van der Waals surface area contributed by atoms with Gasteiger partial charge in [-0.1, -0.05) is 30.3 Å². The molecule has 2 amide bonds. The molecule has 20 heavy (non-hydrogen) atoms. The number of amides is 2. The first-order chi connectivity index (χ1) is 9.59. The Morgan fingerprint density at radius 3 is 2.65 bits per heavy atom. The molecular weight excluding hydrogens is 256 g/mol. The van der Waals surface area contributed by atoms with Crippen molar-refractivity contribution in [1.29, 1.82) is 0 Å². The second-order valence-corrected chi connectivity index (χ2v) is 5.17. The number of nitrogens with zero attached hydrogens (tertiary/aromatic N) is 1. The maximum absolute atomic E-state index is 12.0. The number of urea groups is 1. The van der Waals surface area contributed by atoms with Crippen LogP contribution in [0.15, 0.2) is 30.3 Å². The average molecular weight is 276 g/mol. The minimum absolute atomic E-state index is 0.112. The van der Waals surface area contributed by atoms with E-state index >= 15 is 0 Å². The standard InChI is InChI=1S/C15H20N2O3/c1-11-6-5-9-17(11)15(20)16-10-13(14(18)19)12-7-3-2-4-8-12/h2-4,7-8,11,13H,5-6,9-10H2,1H3,(H,16,20)(H,18,19). The first-order valence-corrected chi connectivity index (χ1v) is 6.92. The lowest BCUT2D eigenvalue weighted by molar-refractivity contribution is -0.138. The SMILES string of the molecule is CC1CCCN1C(=O)NCC(C(=O)O)c1ccccc1. The summed E-state index contributed by atoms with van der Waals surface area (Å²) in [4.78, 5) is 25.1.